The summed E-state index contributed by atoms with van der Waals surface area (Å²) in [5.74, 6) is -2.84. The van der Waals surface area contributed by atoms with Gasteiger partial charge in [0.2, 0.25) is 5.91 Å². The fourth-order valence-corrected chi connectivity index (χ4v) is 4.68. The Bertz CT molecular complexity index is 652. The molecule has 2 fully saturated rings. The van der Waals surface area contributed by atoms with Crippen LogP contribution in [-0.4, -0.2) is 61.7 Å². The largest absolute Gasteiger partial charge is 0.392 e. The van der Waals surface area contributed by atoms with E-state index >= 15 is 0 Å². The highest BCUT2D eigenvalue weighted by Gasteiger charge is 2.47. The van der Waals surface area contributed by atoms with Crippen molar-refractivity contribution in [3.8, 4) is 0 Å². The molecule has 1 N–H and O–H groups in total. The van der Waals surface area contributed by atoms with E-state index in [9.17, 15) is 18.0 Å². The summed E-state index contributed by atoms with van der Waals surface area (Å²) in [6.07, 6.45) is -1.89. The van der Waals surface area contributed by atoms with E-state index in [0.717, 1.165) is 32.6 Å². The van der Waals surface area contributed by atoms with Crippen LogP contribution in [0.15, 0.2) is 30.3 Å². The fourth-order valence-electron chi connectivity index (χ4n) is 4.68. The van der Waals surface area contributed by atoms with Crippen LogP contribution in [0.3, 0.4) is 0 Å². The Balaban J connectivity index is 1.49. The van der Waals surface area contributed by atoms with Crippen molar-refractivity contribution in [1.29, 1.82) is 0 Å². The highest BCUT2D eigenvalue weighted by atomic mass is 19.4. The summed E-state index contributed by atoms with van der Waals surface area (Å²) in [5.41, 5.74) is 1.28. The molecule has 7 heteroatoms. The lowest BCUT2D eigenvalue weighted by molar-refractivity contribution is -0.198. The Hall–Kier alpha value is -1.60. The summed E-state index contributed by atoms with van der Waals surface area (Å²) < 4.78 is 39.7. The number of nitrogens with zero attached hydrogens (tertiary/aromatic N) is 2. The van der Waals surface area contributed by atoms with Crippen molar-refractivity contribution in [1.82, 2.24) is 15.1 Å². The number of amides is 1. The third kappa shape index (κ3) is 5.95. The number of hydrogen-bond acceptors (Lipinski definition) is 3. The number of piperazine rings is 1. The van der Waals surface area contributed by atoms with Crippen LogP contribution < -0.4 is 5.32 Å². The van der Waals surface area contributed by atoms with Gasteiger partial charge >= 0.3 is 6.18 Å². The van der Waals surface area contributed by atoms with Crippen LogP contribution in [0.25, 0.3) is 0 Å². The molecule has 3 unspecified atom stereocenters. The highest BCUT2D eigenvalue weighted by molar-refractivity contribution is 5.79. The summed E-state index contributed by atoms with van der Waals surface area (Å²) >= 11 is 0. The Kier molecular flexibility index (Phi) is 7.57. The zero-order chi connectivity index (χ0) is 20.9. The van der Waals surface area contributed by atoms with Gasteiger partial charge in [-0.2, -0.15) is 13.2 Å². The molecule has 0 spiro atoms. The molecule has 3 rings (SSSR count). The third-order valence-corrected chi connectivity index (χ3v) is 6.32. The third-order valence-electron chi connectivity index (χ3n) is 6.32. The SMILES string of the molecule is CN1CCN(CCCNC(=O)C2CCCCC2C(F)(F)F)C(c2ccccc2)C1. The summed E-state index contributed by atoms with van der Waals surface area (Å²) in [6.45, 7) is 4.13. The van der Waals surface area contributed by atoms with Crippen LogP contribution in [0.2, 0.25) is 0 Å². The van der Waals surface area contributed by atoms with E-state index in [1.807, 2.05) is 18.2 Å². The van der Waals surface area contributed by atoms with Crippen molar-refractivity contribution < 1.29 is 18.0 Å². The van der Waals surface area contributed by atoms with E-state index in [-0.39, 0.29) is 6.42 Å². The van der Waals surface area contributed by atoms with Crippen LogP contribution in [0.5, 0.6) is 0 Å². The maximum absolute atomic E-state index is 13.2. The molecule has 0 aromatic heterocycles. The minimum atomic E-state index is -4.29. The van der Waals surface area contributed by atoms with Crippen molar-refractivity contribution in [2.24, 2.45) is 11.8 Å². The predicted molar refractivity (Wildman–Crippen MR) is 107 cm³/mol. The summed E-state index contributed by atoms with van der Waals surface area (Å²) in [4.78, 5) is 17.1. The van der Waals surface area contributed by atoms with Gasteiger partial charge in [-0.3, -0.25) is 9.69 Å². The van der Waals surface area contributed by atoms with E-state index < -0.39 is 23.9 Å². The highest BCUT2D eigenvalue weighted by Crippen LogP contribution is 2.41. The molecule has 1 aromatic carbocycles. The van der Waals surface area contributed by atoms with Crippen LogP contribution >= 0.6 is 0 Å². The van der Waals surface area contributed by atoms with Gasteiger partial charge in [0.1, 0.15) is 0 Å². The second kappa shape index (κ2) is 9.94. The van der Waals surface area contributed by atoms with Gasteiger partial charge in [-0.15, -0.1) is 0 Å². The molecule has 3 atom stereocenters. The molecule has 1 amide bonds. The van der Waals surface area contributed by atoms with Gasteiger partial charge in [-0.1, -0.05) is 43.2 Å². The first-order valence-corrected chi connectivity index (χ1v) is 10.7. The lowest BCUT2D eigenvalue weighted by Crippen LogP contribution is -2.47. The smallest absolute Gasteiger partial charge is 0.356 e. The van der Waals surface area contributed by atoms with Crippen LogP contribution in [0.4, 0.5) is 13.2 Å². The maximum Gasteiger partial charge on any atom is 0.392 e. The number of halogens is 3. The lowest BCUT2D eigenvalue weighted by Gasteiger charge is -2.40. The summed E-state index contributed by atoms with van der Waals surface area (Å²) in [6, 6.07) is 10.7. The van der Waals surface area contributed by atoms with E-state index in [2.05, 4.69) is 34.3 Å². The molecule has 4 nitrogen and oxygen atoms in total. The first-order valence-electron chi connectivity index (χ1n) is 10.7. The number of nitrogens with one attached hydrogen (secondary N) is 1. The van der Waals surface area contributed by atoms with Crippen molar-refractivity contribution >= 4 is 5.91 Å². The van der Waals surface area contributed by atoms with E-state index in [1.165, 1.54) is 5.56 Å². The van der Waals surface area contributed by atoms with Gasteiger partial charge in [0.15, 0.2) is 0 Å². The van der Waals surface area contributed by atoms with Crippen molar-refractivity contribution in [2.75, 3.05) is 39.8 Å². The molecule has 0 radical (unpaired) electrons. The second-order valence-electron chi connectivity index (χ2n) is 8.41. The van der Waals surface area contributed by atoms with E-state index in [1.54, 1.807) is 0 Å². The number of carbonyl (C=O) groups is 1. The molecule has 162 valence electrons. The molecule has 1 aromatic rings. The fraction of sp³-hybridized carbons (Fsp3) is 0.682. The van der Waals surface area contributed by atoms with Gasteiger partial charge in [0.25, 0.3) is 0 Å². The summed E-state index contributed by atoms with van der Waals surface area (Å²) in [5, 5.41) is 2.78. The van der Waals surface area contributed by atoms with Crippen LogP contribution in [0.1, 0.15) is 43.7 Å². The van der Waals surface area contributed by atoms with Crippen molar-refractivity contribution in [3.63, 3.8) is 0 Å². The zero-order valence-corrected chi connectivity index (χ0v) is 17.1. The van der Waals surface area contributed by atoms with Gasteiger partial charge in [0.05, 0.1) is 5.92 Å². The van der Waals surface area contributed by atoms with Crippen LogP contribution in [0, 0.1) is 11.8 Å². The molecule has 1 saturated carbocycles. The molecule has 1 aliphatic heterocycles. The van der Waals surface area contributed by atoms with Gasteiger partial charge in [-0.25, -0.2) is 0 Å². The molecular weight excluding hydrogens is 379 g/mol. The average molecular weight is 412 g/mol. The minimum absolute atomic E-state index is 0.0711. The van der Waals surface area contributed by atoms with Gasteiger partial charge in [-0.05, 0) is 31.9 Å². The van der Waals surface area contributed by atoms with Crippen molar-refractivity contribution in [2.45, 2.75) is 44.3 Å². The predicted octanol–water partition coefficient (Wildman–Crippen LogP) is 3.85. The zero-order valence-electron chi connectivity index (χ0n) is 17.1. The number of hydrogen-bond donors (Lipinski definition) is 1. The topological polar surface area (TPSA) is 35.6 Å². The Morgan fingerprint density at radius 3 is 2.59 bits per heavy atom. The van der Waals surface area contributed by atoms with E-state index in [0.29, 0.717) is 31.8 Å². The minimum Gasteiger partial charge on any atom is -0.356 e. The molecular formula is C22H32F3N3O. The number of rotatable bonds is 6. The lowest BCUT2D eigenvalue weighted by atomic mass is 9.78. The monoisotopic (exact) mass is 411 g/mol. The first-order chi connectivity index (χ1) is 13.9. The Labute approximate surface area is 171 Å². The number of carbonyl (C=O) groups excluding carboxylic acids is 1. The van der Waals surface area contributed by atoms with Crippen molar-refractivity contribution in [3.05, 3.63) is 35.9 Å². The van der Waals surface area contributed by atoms with Gasteiger partial charge < -0.3 is 10.2 Å². The van der Waals surface area contributed by atoms with Crippen LogP contribution in [-0.2, 0) is 4.79 Å². The normalized spacial score (nSPS) is 27.0. The molecule has 1 heterocycles. The standard InChI is InChI=1S/C22H32F3N3O/c1-27-14-15-28(20(16-27)17-8-3-2-4-9-17)13-7-12-26-21(29)18-10-5-6-11-19(18)22(23,24)25/h2-4,8-9,18-20H,5-7,10-16H2,1H3,(H,26,29). The Morgan fingerprint density at radius 1 is 1.14 bits per heavy atom. The number of likely N-dealkylation sites (N-methyl/N-ethyl adjacent to an activating group) is 1. The average Bonchev–Trinajstić information content (AvgIpc) is 2.72. The Morgan fingerprint density at radius 2 is 1.86 bits per heavy atom. The first kappa shape index (κ1) is 22.1. The second-order valence-corrected chi connectivity index (χ2v) is 8.41. The summed E-state index contributed by atoms with van der Waals surface area (Å²) in [7, 11) is 2.12. The molecule has 2 aliphatic rings. The quantitative estimate of drug-likeness (QED) is 0.723. The molecule has 1 aliphatic carbocycles. The maximum atomic E-state index is 13.2. The van der Waals surface area contributed by atoms with E-state index in [4.69, 9.17) is 0 Å². The number of alkyl halides is 3. The number of benzene rings is 1. The molecule has 0 bridgehead atoms. The van der Waals surface area contributed by atoms with Gasteiger partial charge in [0, 0.05) is 44.7 Å². The molecule has 1 saturated heterocycles. The molecule has 29 heavy (non-hydrogen) atoms.